The summed E-state index contributed by atoms with van der Waals surface area (Å²) in [5.74, 6) is 0.958. The van der Waals surface area contributed by atoms with Gasteiger partial charge in [0.2, 0.25) is 0 Å². The average Bonchev–Trinajstić information content (AvgIpc) is 3.25. The molecule has 7 nitrogen and oxygen atoms in total. The summed E-state index contributed by atoms with van der Waals surface area (Å²) in [7, 11) is 0. The van der Waals surface area contributed by atoms with Gasteiger partial charge in [0.1, 0.15) is 13.2 Å². The van der Waals surface area contributed by atoms with Crippen LogP contribution in [0.25, 0.3) is 5.69 Å². The lowest BCUT2D eigenvalue weighted by Gasteiger charge is -2.16. The molecular formula is C27H24ClN5O2. The van der Waals surface area contributed by atoms with Crippen molar-refractivity contribution in [2.24, 2.45) is 10.7 Å². The zero-order chi connectivity index (χ0) is 24.2. The molecule has 1 aliphatic heterocycles. The van der Waals surface area contributed by atoms with E-state index in [1.807, 2.05) is 83.4 Å². The van der Waals surface area contributed by atoms with Crippen LogP contribution >= 0.6 is 11.6 Å². The van der Waals surface area contributed by atoms with Crippen molar-refractivity contribution in [3.05, 3.63) is 112 Å². The number of halogens is 1. The summed E-state index contributed by atoms with van der Waals surface area (Å²) in [5, 5.41) is 9.36. The fourth-order valence-corrected chi connectivity index (χ4v) is 4.36. The summed E-state index contributed by atoms with van der Waals surface area (Å²) in [6.45, 7) is 0.568. The van der Waals surface area contributed by atoms with E-state index in [-0.39, 0.29) is 19.0 Å². The number of nitrogens with zero attached hydrogens (tertiary/aromatic N) is 4. The predicted molar refractivity (Wildman–Crippen MR) is 135 cm³/mol. The number of para-hydroxylation sites is 1. The highest BCUT2D eigenvalue weighted by atomic mass is 35.5. The molecule has 2 heterocycles. The number of fused-ring (bicyclic) bond motifs is 3. The second-order valence-corrected chi connectivity index (χ2v) is 8.67. The molecule has 0 spiro atoms. The van der Waals surface area contributed by atoms with Crippen LogP contribution in [-0.2, 0) is 22.7 Å². The molecular weight excluding hydrogens is 462 g/mol. The molecule has 0 amide bonds. The third-order valence-corrected chi connectivity index (χ3v) is 6.23. The van der Waals surface area contributed by atoms with E-state index in [1.165, 1.54) is 0 Å². The topological polar surface area (TPSA) is 95.4 Å². The predicted octanol–water partition coefficient (Wildman–Crippen LogP) is 4.80. The van der Waals surface area contributed by atoms with Crippen LogP contribution in [0.5, 0.6) is 0 Å². The molecule has 4 aromatic rings. The standard InChI is InChI=1S/C27H24ClN5O2/c28-21-12-6-4-10-19(21)26-20-11-5-7-13-23(20)33-24(16-30-26)31-32-27(33)22(29)14-15-25(34)35-17-18-8-2-1-3-9-18/h1-13,22H,14-17,29H2/t22-/m1/s1. The van der Waals surface area contributed by atoms with E-state index in [1.54, 1.807) is 0 Å². The van der Waals surface area contributed by atoms with Gasteiger partial charge in [0, 0.05) is 22.6 Å². The molecule has 0 unspecified atom stereocenters. The maximum atomic E-state index is 12.3. The van der Waals surface area contributed by atoms with Crippen LogP contribution in [0, 0.1) is 0 Å². The van der Waals surface area contributed by atoms with Crippen LogP contribution in [0.2, 0.25) is 5.02 Å². The first kappa shape index (κ1) is 23.0. The molecule has 3 aromatic carbocycles. The maximum Gasteiger partial charge on any atom is 0.306 e. The van der Waals surface area contributed by atoms with Gasteiger partial charge in [0.05, 0.1) is 17.4 Å². The van der Waals surface area contributed by atoms with Gasteiger partial charge in [-0.05, 0) is 24.1 Å². The van der Waals surface area contributed by atoms with Crippen LogP contribution < -0.4 is 5.73 Å². The Bertz CT molecular complexity index is 1380. The average molecular weight is 486 g/mol. The molecule has 5 rings (SSSR count). The number of ether oxygens (including phenoxy) is 1. The van der Waals surface area contributed by atoms with Crippen LogP contribution in [0.15, 0.2) is 83.9 Å². The van der Waals surface area contributed by atoms with E-state index in [4.69, 9.17) is 27.1 Å². The minimum atomic E-state index is -0.504. The number of hydrogen-bond donors (Lipinski definition) is 1. The Hall–Kier alpha value is -3.81. The molecule has 0 radical (unpaired) electrons. The number of carbonyl (C=O) groups excluding carboxylic acids is 1. The summed E-state index contributed by atoms with van der Waals surface area (Å²) >= 11 is 6.50. The van der Waals surface area contributed by atoms with Gasteiger partial charge in [-0.2, -0.15) is 0 Å². The number of hydrogen-bond acceptors (Lipinski definition) is 6. The number of aliphatic imine (C=N–C) groups is 1. The van der Waals surface area contributed by atoms with Crippen molar-refractivity contribution < 1.29 is 9.53 Å². The summed E-state index contributed by atoms with van der Waals surface area (Å²) in [6.07, 6.45) is 0.561. The summed E-state index contributed by atoms with van der Waals surface area (Å²) in [4.78, 5) is 17.1. The van der Waals surface area contributed by atoms with Gasteiger partial charge in [0.15, 0.2) is 11.6 Å². The lowest BCUT2D eigenvalue weighted by atomic mass is 10.00. The van der Waals surface area contributed by atoms with Crippen molar-refractivity contribution in [2.75, 3.05) is 0 Å². The molecule has 1 aromatic heterocycles. The van der Waals surface area contributed by atoms with E-state index in [2.05, 4.69) is 10.2 Å². The van der Waals surface area contributed by atoms with Crippen molar-refractivity contribution in [1.29, 1.82) is 0 Å². The first-order chi connectivity index (χ1) is 17.1. The van der Waals surface area contributed by atoms with Gasteiger partial charge < -0.3 is 10.5 Å². The summed E-state index contributed by atoms with van der Waals surface area (Å²) in [6, 6.07) is 24.6. The lowest BCUT2D eigenvalue weighted by molar-refractivity contribution is -0.145. The number of benzene rings is 3. The molecule has 0 bridgehead atoms. The van der Waals surface area contributed by atoms with Crippen LogP contribution in [0.1, 0.15) is 47.2 Å². The van der Waals surface area contributed by atoms with Gasteiger partial charge in [-0.3, -0.25) is 14.4 Å². The van der Waals surface area contributed by atoms with Crippen molar-refractivity contribution in [3.63, 3.8) is 0 Å². The van der Waals surface area contributed by atoms with Crippen LogP contribution in [0.4, 0.5) is 0 Å². The fourth-order valence-electron chi connectivity index (χ4n) is 4.14. The normalized spacial score (nSPS) is 13.3. The third kappa shape index (κ3) is 4.87. The summed E-state index contributed by atoms with van der Waals surface area (Å²) in [5.41, 5.74) is 10.9. The van der Waals surface area contributed by atoms with Crippen LogP contribution in [-0.4, -0.2) is 26.4 Å². The minimum Gasteiger partial charge on any atom is -0.461 e. The highest BCUT2D eigenvalue weighted by Crippen LogP contribution is 2.30. The Kier molecular flexibility index (Phi) is 6.70. The highest BCUT2D eigenvalue weighted by Gasteiger charge is 2.26. The van der Waals surface area contributed by atoms with Gasteiger partial charge in [0.25, 0.3) is 0 Å². The number of aromatic nitrogens is 3. The largest absolute Gasteiger partial charge is 0.461 e. The fraction of sp³-hybridized carbons (Fsp3) is 0.185. The number of esters is 1. The first-order valence-electron chi connectivity index (χ1n) is 11.4. The van der Waals surface area contributed by atoms with Gasteiger partial charge in [-0.1, -0.05) is 78.3 Å². The zero-order valence-electron chi connectivity index (χ0n) is 19.0. The van der Waals surface area contributed by atoms with Crippen molar-refractivity contribution in [2.45, 2.75) is 32.0 Å². The van der Waals surface area contributed by atoms with E-state index in [0.29, 0.717) is 29.6 Å². The van der Waals surface area contributed by atoms with Gasteiger partial charge in [-0.25, -0.2) is 0 Å². The molecule has 0 aliphatic carbocycles. The Morgan fingerprint density at radius 1 is 0.971 bits per heavy atom. The SMILES string of the molecule is N[C@H](CCC(=O)OCc1ccccc1)c1nnc2n1-c1ccccc1C(c1ccccc1Cl)=NC2. The van der Waals surface area contributed by atoms with Gasteiger partial charge in [-0.15, -0.1) is 10.2 Å². The third-order valence-electron chi connectivity index (χ3n) is 5.90. The number of rotatable bonds is 7. The second-order valence-electron chi connectivity index (χ2n) is 8.26. The van der Waals surface area contributed by atoms with E-state index in [0.717, 1.165) is 28.1 Å². The minimum absolute atomic E-state index is 0.180. The molecule has 1 aliphatic rings. The molecule has 0 fully saturated rings. The molecule has 8 heteroatoms. The number of carbonyl (C=O) groups is 1. The number of nitrogens with two attached hydrogens (primary N) is 1. The Labute approximate surface area is 208 Å². The Morgan fingerprint density at radius 2 is 1.69 bits per heavy atom. The van der Waals surface area contributed by atoms with E-state index >= 15 is 0 Å². The second kappa shape index (κ2) is 10.2. The monoisotopic (exact) mass is 485 g/mol. The lowest BCUT2D eigenvalue weighted by Crippen LogP contribution is -2.19. The quantitative estimate of drug-likeness (QED) is 0.379. The molecule has 2 N–H and O–H groups in total. The maximum absolute atomic E-state index is 12.3. The van der Waals surface area contributed by atoms with Crippen molar-refractivity contribution in [1.82, 2.24) is 14.8 Å². The van der Waals surface area contributed by atoms with Crippen molar-refractivity contribution in [3.8, 4) is 5.69 Å². The molecule has 0 saturated carbocycles. The van der Waals surface area contributed by atoms with Crippen molar-refractivity contribution >= 4 is 23.3 Å². The van der Waals surface area contributed by atoms with E-state index < -0.39 is 6.04 Å². The van der Waals surface area contributed by atoms with Crippen LogP contribution in [0.3, 0.4) is 0 Å². The molecule has 1 atom stereocenters. The summed E-state index contributed by atoms with van der Waals surface area (Å²) < 4.78 is 7.34. The molecule has 35 heavy (non-hydrogen) atoms. The first-order valence-corrected chi connectivity index (χ1v) is 11.8. The zero-order valence-corrected chi connectivity index (χ0v) is 19.7. The van der Waals surface area contributed by atoms with Gasteiger partial charge >= 0.3 is 5.97 Å². The molecule has 0 saturated heterocycles. The Balaban J connectivity index is 1.36. The Morgan fingerprint density at radius 3 is 2.49 bits per heavy atom. The smallest absolute Gasteiger partial charge is 0.306 e. The highest BCUT2D eigenvalue weighted by molar-refractivity contribution is 6.35. The molecule has 176 valence electrons. The van der Waals surface area contributed by atoms with E-state index in [9.17, 15) is 4.79 Å².